The topological polar surface area (TPSA) is 105 Å². The number of carbonyl (C=O) groups is 1. The van der Waals surface area contributed by atoms with E-state index in [0.717, 1.165) is 0 Å². The fourth-order valence-corrected chi connectivity index (χ4v) is 2.25. The van der Waals surface area contributed by atoms with E-state index in [-0.39, 0.29) is 11.3 Å². The lowest BCUT2D eigenvalue weighted by molar-refractivity contribution is -0.385. The summed E-state index contributed by atoms with van der Waals surface area (Å²) in [7, 11) is 0. The van der Waals surface area contributed by atoms with Gasteiger partial charge in [-0.3, -0.25) is 14.9 Å². The minimum atomic E-state index is -0.600. The minimum Gasteiger partial charge on any atom is -0.492 e. The van der Waals surface area contributed by atoms with Gasteiger partial charge in [-0.1, -0.05) is 30.3 Å². The van der Waals surface area contributed by atoms with Crippen molar-refractivity contribution in [2.24, 2.45) is 0 Å². The Balaban J connectivity index is 2.18. The van der Waals surface area contributed by atoms with E-state index in [1.165, 1.54) is 24.3 Å². The molecule has 0 spiro atoms. The molecule has 0 heterocycles. The van der Waals surface area contributed by atoms with Crippen molar-refractivity contribution in [2.45, 2.75) is 6.92 Å². The van der Waals surface area contributed by atoms with Gasteiger partial charge >= 0.3 is 0 Å². The Labute approximate surface area is 156 Å². The van der Waals surface area contributed by atoms with E-state index in [9.17, 15) is 20.2 Å². The predicted octanol–water partition coefficient (Wildman–Crippen LogP) is 4.10. The molecule has 0 saturated carbocycles. The van der Waals surface area contributed by atoms with Crippen molar-refractivity contribution in [3.8, 4) is 11.8 Å². The van der Waals surface area contributed by atoms with E-state index in [1.54, 1.807) is 42.5 Å². The van der Waals surface area contributed by atoms with E-state index < -0.39 is 10.8 Å². The fraction of sp³-hybridized carbons (Fsp3) is 0.100. The van der Waals surface area contributed by atoms with Gasteiger partial charge in [0.2, 0.25) is 0 Å². The number of benzene rings is 2. The van der Waals surface area contributed by atoms with Gasteiger partial charge in [-0.2, -0.15) is 5.26 Å². The van der Waals surface area contributed by atoms with Crippen molar-refractivity contribution in [1.29, 1.82) is 5.26 Å². The molecule has 0 unspecified atom stereocenters. The van der Waals surface area contributed by atoms with Gasteiger partial charge in [-0.15, -0.1) is 0 Å². The summed E-state index contributed by atoms with van der Waals surface area (Å²) in [6.45, 7) is 2.26. The second kappa shape index (κ2) is 9.53. The van der Waals surface area contributed by atoms with Crippen LogP contribution in [-0.4, -0.2) is 17.4 Å². The molecule has 7 nitrogen and oxygen atoms in total. The average molecular weight is 363 g/mol. The average Bonchev–Trinajstić information content (AvgIpc) is 2.67. The van der Waals surface area contributed by atoms with E-state index in [4.69, 9.17) is 4.74 Å². The van der Waals surface area contributed by atoms with Crippen LogP contribution >= 0.6 is 0 Å². The maximum atomic E-state index is 12.3. The van der Waals surface area contributed by atoms with Crippen LogP contribution in [0.15, 0.2) is 66.3 Å². The normalized spacial score (nSPS) is 11.0. The third-order valence-corrected chi connectivity index (χ3v) is 3.47. The van der Waals surface area contributed by atoms with E-state index in [2.05, 4.69) is 5.32 Å². The van der Waals surface area contributed by atoms with Crippen LogP contribution in [-0.2, 0) is 4.79 Å². The molecule has 136 valence electrons. The van der Waals surface area contributed by atoms with Crippen LogP contribution in [0.25, 0.3) is 6.08 Å². The third kappa shape index (κ3) is 5.28. The number of nitrogens with one attached hydrogen (secondary N) is 1. The molecule has 0 aromatic heterocycles. The van der Waals surface area contributed by atoms with Gasteiger partial charge in [0.15, 0.2) is 0 Å². The van der Waals surface area contributed by atoms with Gasteiger partial charge in [0.25, 0.3) is 11.6 Å². The summed E-state index contributed by atoms with van der Waals surface area (Å²) in [6.07, 6.45) is 4.20. The zero-order valence-corrected chi connectivity index (χ0v) is 14.6. The summed E-state index contributed by atoms with van der Waals surface area (Å²) >= 11 is 0. The van der Waals surface area contributed by atoms with Crippen molar-refractivity contribution in [3.63, 3.8) is 0 Å². The van der Waals surface area contributed by atoms with E-state index in [0.29, 0.717) is 23.6 Å². The SMILES string of the molecule is CCOc1ccccc1NC(=O)C(C#N)=CC=Cc1ccccc1[N+](=O)[O-]. The highest BCUT2D eigenvalue weighted by molar-refractivity contribution is 6.07. The number of nitrogens with zero attached hydrogens (tertiary/aromatic N) is 2. The lowest BCUT2D eigenvalue weighted by Gasteiger charge is -2.10. The van der Waals surface area contributed by atoms with Crippen molar-refractivity contribution in [3.05, 3.63) is 81.9 Å². The molecule has 27 heavy (non-hydrogen) atoms. The van der Waals surface area contributed by atoms with Gasteiger partial charge in [0.05, 0.1) is 22.8 Å². The molecule has 0 bridgehead atoms. The number of nitriles is 1. The van der Waals surface area contributed by atoms with Crippen LogP contribution in [0.2, 0.25) is 0 Å². The van der Waals surface area contributed by atoms with Crippen LogP contribution in [0, 0.1) is 21.4 Å². The molecular formula is C20H17N3O4. The highest BCUT2D eigenvalue weighted by Gasteiger charge is 2.12. The van der Waals surface area contributed by atoms with Gasteiger partial charge in [0, 0.05) is 6.07 Å². The predicted molar refractivity (Wildman–Crippen MR) is 102 cm³/mol. The largest absolute Gasteiger partial charge is 0.492 e. The smallest absolute Gasteiger partial charge is 0.276 e. The Morgan fingerprint density at radius 2 is 1.96 bits per heavy atom. The summed E-state index contributed by atoms with van der Waals surface area (Å²) in [5.74, 6) is -0.0991. The second-order valence-corrected chi connectivity index (χ2v) is 5.25. The lowest BCUT2D eigenvalue weighted by atomic mass is 10.1. The number of nitro groups is 1. The molecule has 0 saturated heterocycles. The fourth-order valence-electron chi connectivity index (χ4n) is 2.25. The number of anilines is 1. The summed E-state index contributed by atoms with van der Waals surface area (Å²) in [6, 6.07) is 14.9. The summed E-state index contributed by atoms with van der Waals surface area (Å²) in [5, 5.41) is 22.9. The number of allylic oxidation sites excluding steroid dienone is 2. The summed E-state index contributed by atoms with van der Waals surface area (Å²) < 4.78 is 5.43. The molecule has 2 rings (SSSR count). The van der Waals surface area contributed by atoms with E-state index in [1.807, 2.05) is 13.0 Å². The Hall–Kier alpha value is -3.92. The number of carbonyl (C=O) groups excluding carboxylic acids is 1. The van der Waals surface area contributed by atoms with Crippen molar-refractivity contribution < 1.29 is 14.5 Å². The second-order valence-electron chi connectivity index (χ2n) is 5.25. The van der Waals surface area contributed by atoms with Crippen LogP contribution in [0.5, 0.6) is 5.75 Å². The van der Waals surface area contributed by atoms with Gasteiger partial charge in [-0.05, 0) is 37.3 Å². The minimum absolute atomic E-state index is 0.0595. The van der Waals surface area contributed by atoms with Crippen LogP contribution in [0.4, 0.5) is 11.4 Å². The Morgan fingerprint density at radius 3 is 2.67 bits per heavy atom. The Bertz CT molecular complexity index is 942. The van der Waals surface area contributed by atoms with Crippen molar-refractivity contribution in [1.82, 2.24) is 0 Å². The Kier molecular flexibility index (Phi) is 6.85. The van der Waals surface area contributed by atoms with Gasteiger partial charge in [0.1, 0.15) is 17.4 Å². The number of amides is 1. The number of hydrogen-bond donors (Lipinski definition) is 1. The molecule has 1 N–H and O–H groups in total. The molecule has 1 amide bonds. The quantitative estimate of drug-likeness (QED) is 0.262. The molecule has 0 aliphatic rings. The van der Waals surface area contributed by atoms with E-state index >= 15 is 0 Å². The highest BCUT2D eigenvalue weighted by Crippen LogP contribution is 2.24. The zero-order chi connectivity index (χ0) is 19.6. The van der Waals surface area contributed by atoms with Crippen LogP contribution in [0.1, 0.15) is 12.5 Å². The number of hydrogen-bond acceptors (Lipinski definition) is 5. The maximum absolute atomic E-state index is 12.3. The first-order chi connectivity index (χ1) is 13.1. The number of para-hydroxylation sites is 3. The van der Waals surface area contributed by atoms with Gasteiger partial charge < -0.3 is 10.1 Å². The summed E-state index contributed by atoms with van der Waals surface area (Å²) in [4.78, 5) is 22.8. The van der Waals surface area contributed by atoms with Crippen LogP contribution in [0.3, 0.4) is 0 Å². The number of nitro benzene ring substituents is 1. The molecule has 7 heteroatoms. The molecular weight excluding hydrogens is 346 g/mol. The van der Waals surface area contributed by atoms with Crippen molar-refractivity contribution in [2.75, 3.05) is 11.9 Å². The molecule has 0 aliphatic heterocycles. The Morgan fingerprint density at radius 1 is 1.26 bits per heavy atom. The highest BCUT2D eigenvalue weighted by atomic mass is 16.6. The van der Waals surface area contributed by atoms with Crippen molar-refractivity contribution >= 4 is 23.4 Å². The first kappa shape index (κ1) is 19.4. The zero-order valence-electron chi connectivity index (χ0n) is 14.6. The molecule has 2 aromatic carbocycles. The lowest BCUT2D eigenvalue weighted by Crippen LogP contribution is -2.14. The first-order valence-corrected chi connectivity index (χ1v) is 8.12. The molecule has 0 radical (unpaired) electrons. The molecule has 0 aliphatic carbocycles. The molecule has 2 aromatic rings. The van der Waals surface area contributed by atoms with Crippen LogP contribution < -0.4 is 10.1 Å². The van der Waals surface area contributed by atoms with Gasteiger partial charge in [-0.25, -0.2) is 0 Å². The standard InChI is InChI=1S/C20H17N3O4/c1-2-27-19-13-6-4-11-17(19)22-20(24)16(14-21)10-7-9-15-8-3-5-12-18(15)23(25)26/h3-13H,2H2,1H3,(H,22,24). The molecule has 0 fully saturated rings. The third-order valence-electron chi connectivity index (χ3n) is 3.47. The summed E-state index contributed by atoms with van der Waals surface area (Å²) in [5.41, 5.74) is 0.623. The maximum Gasteiger partial charge on any atom is 0.276 e. The number of ether oxygens (including phenoxy) is 1. The first-order valence-electron chi connectivity index (χ1n) is 8.12. The number of rotatable bonds is 7. The molecule has 0 atom stereocenters. The monoisotopic (exact) mass is 363 g/mol.